The first kappa shape index (κ1) is 19.5. The van der Waals surface area contributed by atoms with Crippen LogP contribution in [0.2, 0.25) is 0 Å². The Morgan fingerprint density at radius 1 is 1.19 bits per heavy atom. The van der Waals surface area contributed by atoms with Crippen molar-refractivity contribution >= 4 is 11.8 Å². The van der Waals surface area contributed by atoms with Crippen LogP contribution in [0.25, 0.3) is 11.1 Å². The maximum atomic E-state index is 11.4. The van der Waals surface area contributed by atoms with Crippen molar-refractivity contribution in [3.8, 4) is 16.9 Å². The smallest absolute Gasteiger partial charge is 0.339 e. The minimum Gasteiger partial charge on any atom is -0.496 e. The second-order valence-corrected chi connectivity index (χ2v) is 6.24. The number of benzene rings is 2. The van der Waals surface area contributed by atoms with E-state index >= 15 is 0 Å². The number of carboxylic acid groups (broad SMARTS) is 1. The van der Waals surface area contributed by atoms with E-state index in [1.54, 1.807) is 12.1 Å². The monoisotopic (exact) mass is 354 g/mol. The summed E-state index contributed by atoms with van der Waals surface area (Å²) in [5.74, 6) is 0.0132. The van der Waals surface area contributed by atoms with Gasteiger partial charge < -0.3 is 14.7 Å². The van der Waals surface area contributed by atoms with Crippen LogP contribution in [-0.2, 0) is 6.42 Å². The molecule has 0 saturated heterocycles. The van der Waals surface area contributed by atoms with Gasteiger partial charge in [0.05, 0.1) is 12.9 Å². The first-order chi connectivity index (χ1) is 12.5. The molecule has 2 N–H and O–H groups in total. The Balaban J connectivity index is 2.13. The molecule has 0 bridgehead atoms. The lowest BCUT2D eigenvalue weighted by atomic mass is 9.98. The van der Waals surface area contributed by atoms with Crippen molar-refractivity contribution in [3.63, 3.8) is 0 Å². The number of ether oxygens (including phenoxy) is 1. The van der Waals surface area contributed by atoms with Crippen molar-refractivity contribution in [1.82, 2.24) is 4.90 Å². The molecular formula is C21H26N2O3. The molecule has 2 rings (SSSR count). The second-order valence-electron chi connectivity index (χ2n) is 6.24. The average molecular weight is 354 g/mol. The van der Waals surface area contributed by atoms with Crippen molar-refractivity contribution in [2.24, 2.45) is 0 Å². The number of amidine groups is 1. The number of hydrogen-bond acceptors (Lipinski definition) is 3. The van der Waals surface area contributed by atoms with Gasteiger partial charge in [-0.3, -0.25) is 5.41 Å². The van der Waals surface area contributed by atoms with E-state index in [1.165, 1.54) is 12.7 Å². The van der Waals surface area contributed by atoms with Crippen molar-refractivity contribution in [2.75, 3.05) is 20.7 Å². The molecule has 0 radical (unpaired) electrons. The van der Waals surface area contributed by atoms with E-state index in [0.29, 0.717) is 11.6 Å². The predicted octanol–water partition coefficient (Wildman–Crippen LogP) is 4.31. The molecule has 26 heavy (non-hydrogen) atoms. The molecule has 5 heteroatoms. The van der Waals surface area contributed by atoms with Gasteiger partial charge in [0.15, 0.2) is 0 Å². The number of rotatable bonds is 8. The minimum absolute atomic E-state index is 0.159. The topological polar surface area (TPSA) is 73.6 Å². The van der Waals surface area contributed by atoms with Crippen LogP contribution in [0.5, 0.6) is 5.75 Å². The van der Waals surface area contributed by atoms with E-state index in [4.69, 9.17) is 10.1 Å². The number of carbonyl (C=O) groups is 1. The first-order valence-corrected chi connectivity index (χ1v) is 8.75. The summed E-state index contributed by atoms with van der Waals surface area (Å²) in [5, 5.41) is 17.3. The molecule has 138 valence electrons. The SMILES string of the molecule is CCN(C)C(=N)CCCc1cccc(-c2ccc(OC)c(C(=O)O)c2)c1. The summed E-state index contributed by atoms with van der Waals surface area (Å²) in [6, 6.07) is 13.3. The highest BCUT2D eigenvalue weighted by atomic mass is 16.5. The Kier molecular flexibility index (Phi) is 6.78. The lowest BCUT2D eigenvalue weighted by Gasteiger charge is -2.17. The number of methoxy groups -OCH3 is 1. The van der Waals surface area contributed by atoms with Gasteiger partial charge in [-0.1, -0.05) is 30.3 Å². The van der Waals surface area contributed by atoms with Crippen molar-refractivity contribution < 1.29 is 14.6 Å². The molecule has 5 nitrogen and oxygen atoms in total. The zero-order valence-electron chi connectivity index (χ0n) is 15.6. The Hall–Kier alpha value is -2.82. The maximum Gasteiger partial charge on any atom is 0.339 e. The normalized spacial score (nSPS) is 10.4. The van der Waals surface area contributed by atoms with Crippen LogP contribution in [0.15, 0.2) is 42.5 Å². The summed E-state index contributed by atoms with van der Waals surface area (Å²) in [4.78, 5) is 13.4. The lowest BCUT2D eigenvalue weighted by Crippen LogP contribution is -2.25. The van der Waals surface area contributed by atoms with E-state index in [2.05, 4.69) is 12.1 Å². The van der Waals surface area contributed by atoms with Crippen LogP contribution in [0, 0.1) is 5.41 Å². The van der Waals surface area contributed by atoms with Gasteiger partial charge in [-0.25, -0.2) is 4.79 Å². The van der Waals surface area contributed by atoms with Gasteiger partial charge in [0, 0.05) is 20.0 Å². The summed E-state index contributed by atoms with van der Waals surface area (Å²) in [5.41, 5.74) is 3.17. The largest absolute Gasteiger partial charge is 0.496 e. The molecule has 0 amide bonds. The van der Waals surface area contributed by atoms with E-state index in [0.717, 1.165) is 36.9 Å². The number of carboxylic acids is 1. The predicted molar refractivity (Wildman–Crippen MR) is 104 cm³/mol. The van der Waals surface area contributed by atoms with Crippen LogP contribution in [0.4, 0.5) is 0 Å². The first-order valence-electron chi connectivity index (χ1n) is 8.75. The lowest BCUT2D eigenvalue weighted by molar-refractivity contribution is 0.0693. The number of nitrogens with one attached hydrogen (secondary N) is 1. The van der Waals surface area contributed by atoms with Gasteiger partial charge in [-0.05, 0) is 48.6 Å². The Morgan fingerprint density at radius 3 is 2.58 bits per heavy atom. The molecule has 0 unspecified atom stereocenters. The van der Waals surface area contributed by atoms with E-state index in [1.807, 2.05) is 37.1 Å². The van der Waals surface area contributed by atoms with Crippen LogP contribution in [0.3, 0.4) is 0 Å². The average Bonchev–Trinajstić information content (AvgIpc) is 2.66. The summed E-state index contributed by atoms with van der Waals surface area (Å²) < 4.78 is 5.12. The van der Waals surface area contributed by atoms with E-state index in [9.17, 15) is 9.90 Å². The van der Waals surface area contributed by atoms with Gasteiger partial charge in [0.2, 0.25) is 0 Å². The third-order valence-corrected chi connectivity index (χ3v) is 4.50. The minimum atomic E-state index is -1.00. The molecule has 0 spiro atoms. The fourth-order valence-corrected chi connectivity index (χ4v) is 2.80. The highest BCUT2D eigenvalue weighted by Crippen LogP contribution is 2.27. The molecular weight excluding hydrogens is 328 g/mol. The molecule has 2 aromatic rings. The summed E-state index contributed by atoms with van der Waals surface area (Å²) in [6.45, 7) is 2.88. The molecule has 0 aromatic heterocycles. The van der Waals surface area contributed by atoms with Crippen LogP contribution in [0.1, 0.15) is 35.7 Å². The van der Waals surface area contributed by atoms with Crippen LogP contribution >= 0.6 is 0 Å². The van der Waals surface area contributed by atoms with Gasteiger partial charge in [-0.2, -0.15) is 0 Å². The Morgan fingerprint density at radius 2 is 1.92 bits per heavy atom. The summed E-state index contributed by atoms with van der Waals surface area (Å²) >= 11 is 0. The van der Waals surface area contributed by atoms with E-state index < -0.39 is 5.97 Å². The molecule has 0 fully saturated rings. The zero-order chi connectivity index (χ0) is 19.1. The van der Waals surface area contributed by atoms with Crippen LogP contribution < -0.4 is 4.74 Å². The van der Waals surface area contributed by atoms with Crippen molar-refractivity contribution in [2.45, 2.75) is 26.2 Å². The fraction of sp³-hybridized carbons (Fsp3) is 0.333. The summed E-state index contributed by atoms with van der Waals surface area (Å²) in [6.07, 6.45) is 2.55. The van der Waals surface area contributed by atoms with Gasteiger partial charge in [0.1, 0.15) is 11.3 Å². The standard InChI is InChI=1S/C21H26N2O3/c1-4-23(2)20(22)10-6-8-15-7-5-9-16(13-15)17-11-12-19(26-3)18(14-17)21(24)25/h5,7,9,11-14,22H,4,6,8,10H2,1-3H3,(H,24,25). The van der Waals surface area contributed by atoms with E-state index in [-0.39, 0.29) is 5.56 Å². The molecule has 2 aromatic carbocycles. The highest BCUT2D eigenvalue weighted by molar-refractivity contribution is 5.92. The molecule has 0 heterocycles. The van der Waals surface area contributed by atoms with Crippen LogP contribution in [-0.4, -0.2) is 42.5 Å². The zero-order valence-corrected chi connectivity index (χ0v) is 15.6. The number of aromatic carboxylic acids is 1. The number of hydrogen-bond donors (Lipinski definition) is 2. The highest BCUT2D eigenvalue weighted by Gasteiger charge is 2.12. The van der Waals surface area contributed by atoms with Crippen molar-refractivity contribution in [3.05, 3.63) is 53.6 Å². The molecule has 0 aliphatic heterocycles. The third-order valence-electron chi connectivity index (χ3n) is 4.50. The summed E-state index contributed by atoms with van der Waals surface area (Å²) in [7, 11) is 3.41. The fourth-order valence-electron chi connectivity index (χ4n) is 2.80. The van der Waals surface area contributed by atoms with Crippen molar-refractivity contribution in [1.29, 1.82) is 5.41 Å². The van der Waals surface area contributed by atoms with Gasteiger partial charge in [-0.15, -0.1) is 0 Å². The molecule has 0 saturated carbocycles. The second kappa shape index (κ2) is 9.04. The number of aryl methyl sites for hydroxylation is 1. The van der Waals surface area contributed by atoms with Gasteiger partial charge >= 0.3 is 5.97 Å². The molecule has 0 aliphatic carbocycles. The quantitative estimate of drug-likeness (QED) is 0.547. The van der Waals surface area contributed by atoms with Gasteiger partial charge in [0.25, 0.3) is 0 Å². The maximum absolute atomic E-state index is 11.4. The molecule has 0 aliphatic rings. The Labute approximate surface area is 154 Å². The number of nitrogens with zero attached hydrogens (tertiary/aromatic N) is 1. The third kappa shape index (κ3) is 4.85. The molecule has 0 atom stereocenters. The Bertz CT molecular complexity index is 787.